The van der Waals surface area contributed by atoms with Gasteiger partial charge >= 0.3 is 0 Å². The van der Waals surface area contributed by atoms with Crippen LogP contribution in [0.1, 0.15) is 17.0 Å². The highest BCUT2D eigenvalue weighted by molar-refractivity contribution is 6.30. The van der Waals surface area contributed by atoms with Crippen LogP contribution in [-0.4, -0.2) is 9.55 Å². The lowest BCUT2D eigenvalue weighted by atomic mass is 10.2. The first-order chi connectivity index (χ1) is 13.2. The summed E-state index contributed by atoms with van der Waals surface area (Å²) in [5.41, 5.74) is 4.53. The van der Waals surface area contributed by atoms with Crippen molar-refractivity contribution in [3.05, 3.63) is 99.8 Å². The molecule has 4 rings (SSSR count). The summed E-state index contributed by atoms with van der Waals surface area (Å²) >= 11 is 12.0. The highest BCUT2D eigenvalue weighted by atomic mass is 35.5. The molecule has 0 atom stereocenters. The number of nitrogens with zero attached hydrogens (tertiary/aromatic N) is 2. The van der Waals surface area contributed by atoms with Crippen LogP contribution in [0, 0.1) is 0 Å². The summed E-state index contributed by atoms with van der Waals surface area (Å²) in [5, 5.41) is 4.99. The predicted octanol–water partition coefficient (Wildman–Crippen LogP) is 5.68. The van der Waals surface area contributed by atoms with Crippen LogP contribution in [0.5, 0.6) is 0 Å². The minimum absolute atomic E-state index is 0.685. The third-order valence-electron chi connectivity index (χ3n) is 4.51. The summed E-state index contributed by atoms with van der Waals surface area (Å²) in [6, 6.07) is 24.1. The molecular weight excluding hydrogens is 377 g/mol. The van der Waals surface area contributed by atoms with Gasteiger partial charge < -0.3 is 9.88 Å². The topological polar surface area (TPSA) is 29.9 Å². The molecule has 0 radical (unpaired) electrons. The average molecular weight is 396 g/mol. The normalized spacial score (nSPS) is 11.2. The fraction of sp³-hybridized carbons (Fsp3) is 0.136. The van der Waals surface area contributed by atoms with Gasteiger partial charge in [-0.3, -0.25) is 0 Å². The molecule has 0 aliphatic heterocycles. The Morgan fingerprint density at radius 2 is 1.37 bits per heavy atom. The zero-order valence-corrected chi connectivity index (χ0v) is 16.2. The molecule has 0 saturated heterocycles. The van der Waals surface area contributed by atoms with Gasteiger partial charge in [-0.1, -0.05) is 59.6 Å². The lowest BCUT2D eigenvalue weighted by Gasteiger charge is -2.11. The number of halogens is 2. The molecule has 0 amide bonds. The van der Waals surface area contributed by atoms with Crippen molar-refractivity contribution >= 4 is 34.2 Å². The van der Waals surface area contributed by atoms with E-state index in [1.165, 1.54) is 11.1 Å². The van der Waals surface area contributed by atoms with E-state index in [4.69, 9.17) is 28.2 Å². The van der Waals surface area contributed by atoms with Crippen molar-refractivity contribution in [1.82, 2.24) is 14.9 Å². The van der Waals surface area contributed by atoms with Crippen LogP contribution in [0.4, 0.5) is 0 Å². The van der Waals surface area contributed by atoms with Crippen molar-refractivity contribution in [3.8, 4) is 0 Å². The van der Waals surface area contributed by atoms with Crippen molar-refractivity contribution in [3.63, 3.8) is 0 Å². The molecule has 27 heavy (non-hydrogen) atoms. The zero-order chi connectivity index (χ0) is 18.6. The van der Waals surface area contributed by atoms with E-state index in [0.717, 1.165) is 40.0 Å². The molecule has 3 aromatic carbocycles. The number of benzene rings is 3. The molecule has 0 fully saturated rings. The average Bonchev–Trinajstić information content (AvgIpc) is 3.03. The second-order valence-corrected chi connectivity index (χ2v) is 7.33. The number of imidazole rings is 1. The molecule has 4 aromatic rings. The van der Waals surface area contributed by atoms with E-state index in [0.29, 0.717) is 6.54 Å². The number of fused-ring (bicyclic) bond motifs is 1. The third-order valence-corrected chi connectivity index (χ3v) is 5.02. The van der Waals surface area contributed by atoms with E-state index >= 15 is 0 Å². The molecule has 0 spiro atoms. The highest BCUT2D eigenvalue weighted by Gasteiger charge is 2.10. The number of rotatable bonds is 6. The fourth-order valence-corrected chi connectivity index (χ4v) is 3.38. The summed E-state index contributed by atoms with van der Waals surface area (Å²) in [5.74, 6) is 1.01. The number of hydrogen-bond acceptors (Lipinski definition) is 2. The van der Waals surface area contributed by atoms with Crippen LogP contribution in [0.2, 0.25) is 10.0 Å². The maximum Gasteiger partial charge on any atom is 0.124 e. The lowest BCUT2D eigenvalue weighted by Crippen LogP contribution is -2.17. The van der Waals surface area contributed by atoms with Crippen molar-refractivity contribution in [2.45, 2.75) is 19.6 Å². The van der Waals surface area contributed by atoms with Gasteiger partial charge in [0.2, 0.25) is 0 Å². The summed E-state index contributed by atoms with van der Waals surface area (Å²) in [4.78, 5) is 4.82. The maximum atomic E-state index is 6.02. The van der Waals surface area contributed by atoms with Gasteiger partial charge in [-0.25, -0.2) is 4.98 Å². The van der Waals surface area contributed by atoms with Crippen LogP contribution in [0.15, 0.2) is 72.8 Å². The largest absolute Gasteiger partial charge is 0.322 e. The molecule has 136 valence electrons. The van der Waals surface area contributed by atoms with Crippen molar-refractivity contribution in [2.24, 2.45) is 0 Å². The van der Waals surface area contributed by atoms with Gasteiger partial charge in [-0.15, -0.1) is 0 Å². The molecular formula is C22H19Cl2N3. The van der Waals surface area contributed by atoms with E-state index < -0.39 is 0 Å². The SMILES string of the molecule is Clc1ccc(CNCc2nc3ccccc3n2Cc2ccc(Cl)cc2)cc1. The van der Waals surface area contributed by atoms with Gasteiger partial charge in [0.05, 0.1) is 17.6 Å². The van der Waals surface area contributed by atoms with Gasteiger partial charge in [0, 0.05) is 23.1 Å². The minimum Gasteiger partial charge on any atom is -0.322 e. The maximum absolute atomic E-state index is 6.02. The summed E-state index contributed by atoms with van der Waals surface area (Å²) < 4.78 is 2.26. The van der Waals surface area contributed by atoms with Gasteiger partial charge in [0.1, 0.15) is 5.82 Å². The van der Waals surface area contributed by atoms with Crippen LogP contribution < -0.4 is 5.32 Å². The molecule has 1 aromatic heterocycles. The lowest BCUT2D eigenvalue weighted by molar-refractivity contribution is 0.628. The van der Waals surface area contributed by atoms with Crippen molar-refractivity contribution in [2.75, 3.05) is 0 Å². The van der Waals surface area contributed by atoms with Crippen LogP contribution in [0.25, 0.3) is 11.0 Å². The fourth-order valence-electron chi connectivity index (χ4n) is 3.13. The number of para-hydroxylation sites is 2. The van der Waals surface area contributed by atoms with Crippen LogP contribution in [-0.2, 0) is 19.6 Å². The van der Waals surface area contributed by atoms with Gasteiger partial charge in [0.25, 0.3) is 0 Å². The molecule has 0 saturated carbocycles. The molecule has 1 heterocycles. The molecule has 0 aliphatic carbocycles. The monoisotopic (exact) mass is 395 g/mol. The number of hydrogen-bond donors (Lipinski definition) is 1. The Labute approximate surface area is 168 Å². The van der Waals surface area contributed by atoms with E-state index in [2.05, 4.69) is 34.1 Å². The summed E-state index contributed by atoms with van der Waals surface area (Å²) in [6.07, 6.45) is 0. The van der Waals surface area contributed by atoms with Gasteiger partial charge in [-0.2, -0.15) is 0 Å². The number of nitrogens with one attached hydrogen (secondary N) is 1. The standard InChI is InChI=1S/C22H19Cl2N3/c23-18-9-5-16(6-10-18)13-25-14-22-26-20-3-1-2-4-21(20)27(22)15-17-7-11-19(24)12-8-17/h1-12,25H,13-15H2. The Morgan fingerprint density at radius 1 is 0.741 bits per heavy atom. The molecule has 3 nitrogen and oxygen atoms in total. The first-order valence-electron chi connectivity index (χ1n) is 8.83. The summed E-state index contributed by atoms with van der Waals surface area (Å²) in [6.45, 7) is 2.21. The van der Waals surface area contributed by atoms with E-state index in [1.54, 1.807) is 0 Å². The van der Waals surface area contributed by atoms with Crippen LogP contribution in [0.3, 0.4) is 0 Å². The first-order valence-corrected chi connectivity index (χ1v) is 9.58. The summed E-state index contributed by atoms with van der Waals surface area (Å²) in [7, 11) is 0. The van der Waals surface area contributed by atoms with E-state index in [9.17, 15) is 0 Å². The molecule has 0 bridgehead atoms. The predicted molar refractivity (Wildman–Crippen MR) is 112 cm³/mol. The molecule has 1 N–H and O–H groups in total. The van der Waals surface area contributed by atoms with Crippen molar-refractivity contribution in [1.29, 1.82) is 0 Å². The second kappa shape index (κ2) is 8.13. The quantitative estimate of drug-likeness (QED) is 0.454. The van der Waals surface area contributed by atoms with Gasteiger partial charge in [-0.05, 0) is 47.5 Å². The molecule has 5 heteroatoms. The van der Waals surface area contributed by atoms with Gasteiger partial charge in [0.15, 0.2) is 0 Å². The Hall–Kier alpha value is -2.33. The number of aromatic nitrogens is 2. The van der Waals surface area contributed by atoms with Crippen molar-refractivity contribution < 1.29 is 0 Å². The molecule has 0 aliphatic rings. The van der Waals surface area contributed by atoms with E-state index in [1.807, 2.05) is 48.5 Å². The first kappa shape index (κ1) is 18.1. The smallest absolute Gasteiger partial charge is 0.124 e. The Morgan fingerprint density at radius 3 is 2.07 bits per heavy atom. The second-order valence-electron chi connectivity index (χ2n) is 6.46. The minimum atomic E-state index is 0.685. The Balaban J connectivity index is 1.55. The third kappa shape index (κ3) is 4.33. The van der Waals surface area contributed by atoms with Crippen LogP contribution >= 0.6 is 23.2 Å². The highest BCUT2D eigenvalue weighted by Crippen LogP contribution is 2.19. The Kier molecular flexibility index (Phi) is 5.44. The molecule has 0 unspecified atom stereocenters. The Bertz CT molecular complexity index is 1040. The zero-order valence-electron chi connectivity index (χ0n) is 14.7. The van der Waals surface area contributed by atoms with E-state index in [-0.39, 0.29) is 0 Å².